The summed E-state index contributed by atoms with van der Waals surface area (Å²) in [5, 5.41) is 11.9. The van der Waals surface area contributed by atoms with Crippen LogP contribution in [0.4, 0.5) is 30.4 Å². The summed E-state index contributed by atoms with van der Waals surface area (Å²) < 4.78 is 40.0. The Balaban J connectivity index is 1.08. The highest BCUT2D eigenvalue weighted by molar-refractivity contribution is 5.92. The number of carbonyl (C=O) groups is 1. The molecule has 0 bridgehead atoms. The molecule has 0 atom stereocenters. The van der Waals surface area contributed by atoms with Crippen molar-refractivity contribution in [2.45, 2.75) is 19.0 Å². The number of piperidine rings is 1. The lowest BCUT2D eigenvalue weighted by atomic mass is 9.95. The Kier molecular flexibility index (Phi) is 7.96. The van der Waals surface area contributed by atoms with E-state index < -0.39 is 17.3 Å². The molecule has 0 radical (unpaired) electrons. The second-order valence-electron chi connectivity index (χ2n) is 10.9. The number of likely N-dealkylation sites (N-methyl/N-ethyl adjacent to an activating group) is 1. The third kappa shape index (κ3) is 6.45. The molecule has 39 heavy (non-hydrogen) atoms. The Labute approximate surface area is 227 Å². The quantitative estimate of drug-likeness (QED) is 0.600. The molecule has 1 aromatic carbocycles. The summed E-state index contributed by atoms with van der Waals surface area (Å²) in [4.78, 5) is 26.3. The highest BCUT2D eigenvalue weighted by atomic mass is 19.4. The third-order valence-electron chi connectivity index (χ3n) is 8.09. The molecule has 0 aliphatic carbocycles. The van der Waals surface area contributed by atoms with Gasteiger partial charge in [-0.05, 0) is 50.2 Å². The minimum atomic E-state index is -4.59. The molecule has 1 N–H and O–H groups in total. The number of alkyl halides is 3. The molecule has 1 aromatic heterocycles. The van der Waals surface area contributed by atoms with E-state index in [0.717, 1.165) is 57.6 Å². The number of hydrogen-bond donors (Lipinski definition) is 1. The van der Waals surface area contributed by atoms with Gasteiger partial charge in [0, 0.05) is 76.4 Å². The van der Waals surface area contributed by atoms with E-state index >= 15 is 0 Å². The van der Waals surface area contributed by atoms with Crippen molar-refractivity contribution in [3.05, 3.63) is 47.7 Å². The Bertz CT molecular complexity index is 1190. The van der Waals surface area contributed by atoms with E-state index in [9.17, 15) is 18.0 Å². The Morgan fingerprint density at radius 1 is 1.03 bits per heavy atom. The van der Waals surface area contributed by atoms with E-state index in [4.69, 9.17) is 5.26 Å². The fourth-order valence-electron chi connectivity index (χ4n) is 5.63. The first-order valence-electron chi connectivity index (χ1n) is 13.5. The van der Waals surface area contributed by atoms with Crippen LogP contribution in [0.1, 0.15) is 24.0 Å². The van der Waals surface area contributed by atoms with Gasteiger partial charge in [-0.2, -0.15) is 18.4 Å². The van der Waals surface area contributed by atoms with Crippen LogP contribution in [0.25, 0.3) is 0 Å². The molecule has 0 unspecified atom stereocenters. The summed E-state index contributed by atoms with van der Waals surface area (Å²) in [5.41, 5.74) is 0.144. The second-order valence-corrected chi connectivity index (χ2v) is 10.9. The lowest BCUT2D eigenvalue weighted by Crippen LogP contribution is -2.54. The fourth-order valence-corrected chi connectivity index (χ4v) is 5.63. The Morgan fingerprint density at radius 3 is 2.33 bits per heavy atom. The predicted octanol–water partition coefficient (Wildman–Crippen LogP) is 3.51. The molecule has 3 fully saturated rings. The summed E-state index contributed by atoms with van der Waals surface area (Å²) in [6.45, 7) is 8.62. The number of amides is 1. The van der Waals surface area contributed by atoms with E-state index in [1.54, 1.807) is 12.3 Å². The zero-order chi connectivity index (χ0) is 27.6. The fraction of sp³-hybridized carbons (Fsp3) is 0.536. The van der Waals surface area contributed by atoms with Gasteiger partial charge in [0.25, 0.3) is 0 Å². The van der Waals surface area contributed by atoms with Gasteiger partial charge in [0.2, 0.25) is 5.91 Å². The van der Waals surface area contributed by atoms with E-state index in [-0.39, 0.29) is 11.8 Å². The van der Waals surface area contributed by atoms with Crippen LogP contribution in [-0.2, 0) is 11.0 Å². The van der Waals surface area contributed by atoms with Gasteiger partial charge in [-0.1, -0.05) is 0 Å². The maximum Gasteiger partial charge on any atom is 0.417 e. The number of halogens is 3. The monoisotopic (exact) mass is 541 g/mol. The van der Waals surface area contributed by atoms with Gasteiger partial charge in [-0.3, -0.25) is 4.79 Å². The number of anilines is 3. The van der Waals surface area contributed by atoms with Crippen LogP contribution in [0.2, 0.25) is 0 Å². The number of nitriles is 1. The second kappa shape index (κ2) is 11.4. The van der Waals surface area contributed by atoms with Crippen LogP contribution in [0.3, 0.4) is 0 Å². The number of carbonyl (C=O) groups excluding carboxylic acids is 1. The first kappa shape index (κ1) is 27.2. The van der Waals surface area contributed by atoms with Crippen molar-refractivity contribution in [2.75, 3.05) is 81.1 Å². The van der Waals surface area contributed by atoms with E-state index in [1.165, 1.54) is 12.1 Å². The van der Waals surface area contributed by atoms with Crippen molar-refractivity contribution in [1.29, 1.82) is 5.26 Å². The van der Waals surface area contributed by atoms with Crippen molar-refractivity contribution in [2.24, 2.45) is 11.8 Å². The SMILES string of the molecule is CN1CCN(CC2CN(c3ccc(NC(=O)C4CCN(c5ccc(C#N)c(C(F)(F)F)c5)CC4)nc3)C2)CC1. The summed E-state index contributed by atoms with van der Waals surface area (Å²) in [7, 11) is 2.17. The number of benzene rings is 1. The molecule has 8 nitrogen and oxygen atoms in total. The molecule has 3 aliphatic rings. The van der Waals surface area contributed by atoms with Crippen LogP contribution in [0, 0.1) is 23.2 Å². The van der Waals surface area contributed by atoms with Crippen LogP contribution in [0.15, 0.2) is 36.5 Å². The normalized spacial score (nSPS) is 20.0. The molecule has 3 saturated heterocycles. The number of hydrogen-bond acceptors (Lipinski definition) is 7. The highest BCUT2D eigenvalue weighted by Gasteiger charge is 2.35. The lowest BCUT2D eigenvalue weighted by Gasteiger charge is -2.44. The minimum Gasteiger partial charge on any atom is -0.371 e. The van der Waals surface area contributed by atoms with Crippen molar-refractivity contribution in [3.63, 3.8) is 0 Å². The molecular formula is C28H34F3N7O. The summed E-state index contributed by atoms with van der Waals surface area (Å²) in [5.74, 6) is 0.807. The molecular weight excluding hydrogens is 507 g/mol. The minimum absolute atomic E-state index is 0.123. The Morgan fingerprint density at radius 2 is 1.72 bits per heavy atom. The van der Waals surface area contributed by atoms with E-state index in [0.29, 0.717) is 43.4 Å². The molecule has 1 amide bonds. The third-order valence-corrected chi connectivity index (χ3v) is 8.09. The summed E-state index contributed by atoms with van der Waals surface area (Å²) in [6, 6.07) is 9.19. The molecule has 3 aliphatic heterocycles. The zero-order valence-electron chi connectivity index (χ0n) is 22.1. The van der Waals surface area contributed by atoms with Crippen LogP contribution in [-0.4, -0.2) is 86.6 Å². The number of rotatable bonds is 6. The van der Waals surface area contributed by atoms with Crippen molar-refractivity contribution in [3.8, 4) is 6.07 Å². The lowest BCUT2D eigenvalue weighted by molar-refractivity contribution is -0.137. The topological polar surface area (TPSA) is 78.7 Å². The number of pyridine rings is 1. The molecule has 0 spiro atoms. The largest absolute Gasteiger partial charge is 0.417 e. The van der Waals surface area contributed by atoms with Crippen molar-refractivity contribution < 1.29 is 18.0 Å². The number of nitrogens with one attached hydrogen (secondary N) is 1. The van der Waals surface area contributed by atoms with Gasteiger partial charge < -0.3 is 24.9 Å². The molecule has 0 saturated carbocycles. The van der Waals surface area contributed by atoms with Crippen LogP contribution < -0.4 is 15.1 Å². The molecule has 11 heteroatoms. The first-order valence-corrected chi connectivity index (χ1v) is 13.5. The van der Waals surface area contributed by atoms with Crippen molar-refractivity contribution >= 4 is 23.1 Å². The standard InChI is InChI=1S/C28H34F3N7O/c1-35-10-12-36(13-11-35)17-20-18-38(19-20)24-4-5-26(33-16-24)34-27(39)21-6-8-37(9-7-21)23-3-2-22(15-32)25(14-23)28(29,30)31/h2-5,14,16,20-21H,6-13,17-19H2,1H3,(H,33,34,39). The number of piperazine rings is 1. The summed E-state index contributed by atoms with van der Waals surface area (Å²) in [6.07, 6.45) is -1.75. The van der Waals surface area contributed by atoms with Gasteiger partial charge in [-0.15, -0.1) is 0 Å². The van der Waals surface area contributed by atoms with Gasteiger partial charge in [-0.25, -0.2) is 4.98 Å². The highest BCUT2D eigenvalue weighted by Crippen LogP contribution is 2.35. The van der Waals surface area contributed by atoms with Gasteiger partial charge in [0.15, 0.2) is 0 Å². The zero-order valence-corrected chi connectivity index (χ0v) is 22.1. The van der Waals surface area contributed by atoms with Crippen LogP contribution in [0.5, 0.6) is 0 Å². The maximum absolute atomic E-state index is 13.3. The van der Waals surface area contributed by atoms with Gasteiger partial charge >= 0.3 is 6.18 Å². The average Bonchev–Trinajstić information content (AvgIpc) is 2.91. The molecule has 4 heterocycles. The van der Waals surface area contributed by atoms with E-state index in [1.807, 2.05) is 17.0 Å². The predicted molar refractivity (Wildman–Crippen MR) is 144 cm³/mol. The first-order chi connectivity index (χ1) is 18.7. The van der Waals surface area contributed by atoms with Crippen LogP contribution >= 0.6 is 0 Å². The van der Waals surface area contributed by atoms with E-state index in [2.05, 4.69) is 32.0 Å². The smallest absolute Gasteiger partial charge is 0.371 e. The van der Waals surface area contributed by atoms with Gasteiger partial charge in [0.1, 0.15) is 5.82 Å². The average molecular weight is 542 g/mol. The molecule has 208 valence electrons. The number of nitrogens with zero attached hydrogens (tertiary/aromatic N) is 6. The molecule has 2 aromatic rings. The summed E-state index contributed by atoms with van der Waals surface area (Å²) >= 11 is 0. The molecule has 5 rings (SSSR count). The maximum atomic E-state index is 13.3. The van der Waals surface area contributed by atoms with Gasteiger partial charge in [0.05, 0.1) is 29.1 Å². The Hall–Kier alpha value is -3.36. The van der Waals surface area contributed by atoms with Crippen molar-refractivity contribution in [1.82, 2.24) is 14.8 Å². The number of aromatic nitrogens is 1.